The summed E-state index contributed by atoms with van der Waals surface area (Å²) in [5, 5.41) is 7.29. The van der Waals surface area contributed by atoms with Gasteiger partial charge in [0.1, 0.15) is 11.2 Å². The molecular weight excluding hydrogens is 639 g/mol. The number of benzene rings is 8. The van der Waals surface area contributed by atoms with Crippen LogP contribution in [0.5, 0.6) is 0 Å². The number of hydrogen-bond acceptors (Lipinski definition) is 4. The molecule has 0 atom stereocenters. The van der Waals surface area contributed by atoms with Crippen molar-refractivity contribution in [1.82, 2.24) is 0 Å². The molecule has 4 heterocycles. The van der Waals surface area contributed by atoms with E-state index in [4.69, 9.17) is 4.42 Å². The van der Waals surface area contributed by atoms with E-state index < -0.39 is 0 Å². The zero-order valence-electron chi connectivity index (χ0n) is 27.4. The van der Waals surface area contributed by atoms with Crippen LogP contribution < -0.4 is 26.2 Å². The van der Waals surface area contributed by atoms with Crippen LogP contribution in [-0.4, -0.2) is 6.71 Å². The van der Waals surface area contributed by atoms with Crippen LogP contribution in [0.25, 0.3) is 52.9 Å². The molecule has 0 saturated carbocycles. The molecule has 0 amide bonds. The Morgan fingerprint density at radius 1 is 0.412 bits per heavy atom. The number of para-hydroxylation sites is 2. The lowest BCUT2D eigenvalue weighted by Gasteiger charge is -2.44. The molecule has 12 rings (SSSR count). The largest absolute Gasteiger partial charge is 0.456 e. The van der Waals surface area contributed by atoms with Gasteiger partial charge in [-0.2, -0.15) is 0 Å². The fourth-order valence-corrected chi connectivity index (χ4v) is 9.92. The molecule has 2 aromatic heterocycles. The maximum absolute atomic E-state index is 6.43. The number of anilines is 6. The molecule has 8 aromatic carbocycles. The molecule has 0 unspecified atom stereocenters. The second kappa shape index (κ2) is 10.1. The van der Waals surface area contributed by atoms with E-state index in [1.165, 1.54) is 75.8 Å². The third-order valence-electron chi connectivity index (χ3n) is 11.0. The molecule has 0 spiro atoms. The van der Waals surface area contributed by atoms with Gasteiger partial charge in [0, 0.05) is 65.1 Å². The summed E-state index contributed by atoms with van der Waals surface area (Å²) >= 11 is 1.86. The molecule has 0 radical (unpaired) electrons. The summed E-state index contributed by atoms with van der Waals surface area (Å²) in [6, 6.07) is 60.1. The summed E-state index contributed by atoms with van der Waals surface area (Å²) < 4.78 is 9.07. The highest BCUT2D eigenvalue weighted by Crippen LogP contribution is 2.46. The van der Waals surface area contributed by atoms with Crippen molar-refractivity contribution in [1.29, 1.82) is 0 Å². The highest BCUT2D eigenvalue weighted by atomic mass is 32.1. The summed E-state index contributed by atoms with van der Waals surface area (Å²) in [6.45, 7) is 0.103. The zero-order chi connectivity index (χ0) is 33.2. The predicted molar refractivity (Wildman–Crippen MR) is 218 cm³/mol. The van der Waals surface area contributed by atoms with E-state index in [0.29, 0.717) is 0 Å². The van der Waals surface area contributed by atoms with Gasteiger partial charge in [-0.25, -0.2) is 0 Å². The minimum absolute atomic E-state index is 0.103. The summed E-state index contributed by atoms with van der Waals surface area (Å²) in [7, 11) is 0. The van der Waals surface area contributed by atoms with Crippen LogP contribution in [0, 0.1) is 0 Å². The molecule has 51 heavy (non-hydrogen) atoms. The molecule has 2 aliphatic heterocycles. The number of rotatable bonds is 2. The van der Waals surface area contributed by atoms with E-state index in [9.17, 15) is 0 Å². The van der Waals surface area contributed by atoms with Crippen LogP contribution in [0.3, 0.4) is 0 Å². The van der Waals surface area contributed by atoms with Gasteiger partial charge in [-0.3, -0.25) is 0 Å². The highest BCUT2D eigenvalue weighted by molar-refractivity contribution is 7.25. The van der Waals surface area contributed by atoms with Crippen molar-refractivity contribution in [3.8, 4) is 0 Å². The van der Waals surface area contributed by atoms with Crippen LogP contribution in [0.1, 0.15) is 0 Å². The smallest absolute Gasteiger partial charge is 0.252 e. The lowest BCUT2D eigenvalue weighted by molar-refractivity contribution is 0.669. The van der Waals surface area contributed by atoms with Crippen LogP contribution in [0.15, 0.2) is 168 Å². The molecule has 0 N–H and O–H groups in total. The maximum atomic E-state index is 6.43. The topological polar surface area (TPSA) is 19.6 Å². The minimum atomic E-state index is 0.103. The first kappa shape index (κ1) is 27.5. The van der Waals surface area contributed by atoms with E-state index in [-0.39, 0.29) is 6.71 Å². The van der Waals surface area contributed by atoms with Crippen molar-refractivity contribution in [2.45, 2.75) is 0 Å². The maximum Gasteiger partial charge on any atom is 0.252 e. The van der Waals surface area contributed by atoms with E-state index in [0.717, 1.165) is 27.6 Å². The first-order valence-corrected chi connectivity index (χ1v) is 18.3. The Hall–Kier alpha value is -6.30. The van der Waals surface area contributed by atoms with Crippen molar-refractivity contribution < 1.29 is 4.42 Å². The van der Waals surface area contributed by atoms with Crippen LogP contribution in [0.2, 0.25) is 0 Å². The second-order valence-corrected chi connectivity index (χ2v) is 14.8. The molecule has 236 valence electrons. The van der Waals surface area contributed by atoms with Gasteiger partial charge in [0.25, 0.3) is 6.71 Å². The minimum Gasteiger partial charge on any atom is -0.456 e. The van der Waals surface area contributed by atoms with E-state index in [1.807, 2.05) is 11.3 Å². The monoisotopic (exact) mass is 666 g/mol. The van der Waals surface area contributed by atoms with Crippen molar-refractivity contribution in [3.63, 3.8) is 0 Å². The third kappa shape index (κ3) is 3.79. The van der Waals surface area contributed by atoms with Crippen LogP contribution in [-0.2, 0) is 0 Å². The standard InChI is InChI=1S/C46H27BN2OS/c1-2-11-29-25-43-33(24-28(29)10-1)34-26-30(20-22-42(34)50-43)48-38-15-6-4-13-36(38)47-37-14-5-7-16-39(37)49(41-18-9-17-40(48)46(41)47)31-21-23-45-35(27-31)32-12-3-8-19-44(32)51-45/h1-27H. The van der Waals surface area contributed by atoms with Gasteiger partial charge in [-0.15, -0.1) is 11.3 Å². The average molecular weight is 667 g/mol. The Morgan fingerprint density at radius 3 is 1.75 bits per heavy atom. The molecule has 0 aliphatic carbocycles. The van der Waals surface area contributed by atoms with Gasteiger partial charge < -0.3 is 14.2 Å². The molecule has 2 aliphatic rings. The van der Waals surface area contributed by atoms with Crippen LogP contribution >= 0.6 is 11.3 Å². The zero-order valence-corrected chi connectivity index (χ0v) is 28.2. The van der Waals surface area contributed by atoms with Gasteiger partial charge in [0.05, 0.1) is 0 Å². The van der Waals surface area contributed by atoms with Gasteiger partial charge in [0.15, 0.2) is 0 Å². The summed E-state index contributed by atoms with van der Waals surface area (Å²) in [5.41, 5.74) is 12.9. The second-order valence-electron chi connectivity index (χ2n) is 13.7. The van der Waals surface area contributed by atoms with Crippen molar-refractivity contribution in [3.05, 3.63) is 164 Å². The number of hydrogen-bond donors (Lipinski definition) is 0. The molecular formula is C46H27BN2OS. The molecule has 0 bridgehead atoms. The van der Waals surface area contributed by atoms with Gasteiger partial charge in [-0.05, 0) is 106 Å². The SMILES string of the molecule is c1ccc2c(c1)B1c3ccccc3N(c3ccc4sc5ccccc5c4c3)c3cccc(c31)N2c1ccc2oc3cc4ccccc4cc3c2c1. The van der Waals surface area contributed by atoms with Crippen molar-refractivity contribution >= 4 is 121 Å². The van der Waals surface area contributed by atoms with Gasteiger partial charge >= 0.3 is 0 Å². The summed E-state index contributed by atoms with van der Waals surface area (Å²) in [4.78, 5) is 4.95. The predicted octanol–water partition coefficient (Wildman–Crippen LogP) is 11.2. The highest BCUT2D eigenvalue weighted by Gasteiger charge is 2.42. The van der Waals surface area contributed by atoms with E-state index in [1.54, 1.807) is 0 Å². The Kier molecular flexibility index (Phi) is 5.47. The van der Waals surface area contributed by atoms with Crippen molar-refractivity contribution in [2.75, 3.05) is 9.80 Å². The number of furan rings is 1. The quantitative estimate of drug-likeness (QED) is 0.171. The molecule has 5 heteroatoms. The summed E-state index contributed by atoms with van der Waals surface area (Å²) in [5.74, 6) is 0. The van der Waals surface area contributed by atoms with E-state index >= 15 is 0 Å². The van der Waals surface area contributed by atoms with Gasteiger partial charge in [-0.1, -0.05) is 84.9 Å². The van der Waals surface area contributed by atoms with Gasteiger partial charge in [0.2, 0.25) is 0 Å². The number of nitrogens with zero attached hydrogens (tertiary/aromatic N) is 2. The third-order valence-corrected chi connectivity index (χ3v) is 12.2. The molecule has 3 nitrogen and oxygen atoms in total. The fourth-order valence-electron chi connectivity index (χ4n) is 8.83. The Bertz CT molecular complexity index is 3090. The lowest BCUT2D eigenvalue weighted by Crippen LogP contribution is -2.61. The molecule has 0 fully saturated rings. The molecule has 10 aromatic rings. The first-order chi connectivity index (χ1) is 25.3. The Balaban J connectivity index is 1.11. The first-order valence-electron chi connectivity index (χ1n) is 17.5. The normalized spacial score (nSPS) is 13.4. The molecule has 0 saturated heterocycles. The average Bonchev–Trinajstić information content (AvgIpc) is 3.74. The number of fused-ring (bicyclic) bond motifs is 11. The fraction of sp³-hybridized carbons (Fsp3) is 0. The van der Waals surface area contributed by atoms with E-state index in [2.05, 4.69) is 174 Å². The number of thiophene rings is 1. The van der Waals surface area contributed by atoms with Crippen LogP contribution in [0.4, 0.5) is 34.1 Å². The van der Waals surface area contributed by atoms with Crippen molar-refractivity contribution in [2.24, 2.45) is 0 Å². The Morgan fingerprint density at radius 2 is 0.980 bits per heavy atom. The Labute approximate surface area is 298 Å². The lowest BCUT2D eigenvalue weighted by atomic mass is 9.33. The summed E-state index contributed by atoms with van der Waals surface area (Å²) in [6.07, 6.45) is 0.